The Balaban J connectivity index is 0.0000104. The summed E-state index contributed by atoms with van der Waals surface area (Å²) in [6, 6.07) is -0.551. The topological polar surface area (TPSA) is 236 Å². The molecule has 6 unspecified atom stereocenters. The predicted molar refractivity (Wildman–Crippen MR) is 175 cm³/mol. The predicted octanol–water partition coefficient (Wildman–Crippen LogP) is 1.78. The first-order chi connectivity index (χ1) is 22.2. The molecule has 0 heterocycles. The van der Waals surface area contributed by atoms with E-state index in [9.17, 15) is 34.2 Å². The van der Waals surface area contributed by atoms with E-state index in [1.54, 1.807) is 19.1 Å². The molecule has 0 aliphatic rings. The molecule has 3 amide bonds. The van der Waals surface area contributed by atoms with Gasteiger partial charge in [0, 0.05) is 12.3 Å². The Morgan fingerprint density at radius 2 is 1.38 bits per heavy atom. The van der Waals surface area contributed by atoms with E-state index < -0.39 is 66.4 Å². The van der Waals surface area contributed by atoms with E-state index in [1.165, 1.54) is 28.3 Å². The van der Waals surface area contributed by atoms with Crippen LogP contribution in [0.5, 0.6) is 17.2 Å². The van der Waals surface area contributed by atoms with Gasteiger partial charge in [0.05, 0.1) is 34.0 Å². The fraction of sp³-hybridized carbons (Fsp3) is 0.656. The minimum atomic E-state index is -1.40. The number of rotatable bonds is 21. The summed E-state index contributed by atoms with van der Waals surface area (Å²) in [6.45, 7) is 8.68. The number of nitrogens with one attached hydrogen (secondary N) is 3. The van der Waals surface area contributed by atoms with Crippen LogP contribution in [0.1, 0.15) is 84.6 Å². The second-order valence-electron chi connectivity index (χ2n) is 11.0. The summed E-state index contributed by atoms with van der Waals surface area (Å²) in [5, 5.41) is 35.5. The molecule has 0 saturated carbocycles. The van der Waals surface area contributed by atoms with Crippen LogP contribution in [0.25, 0.3) is 0 Å². The van der Waals surface area contributed by atoms with Crippen molar-refractivity contribution in [2.45, 2.75) is 103 Å². The monoisotopic (exact) mass is 670 g/mol. The Morgan fingerprint density at radius 3 is 1.85 bits per heavy atom. The lowest BCUT2D eigenvalue weighted by molar-refractivity contribution is -0.142. The number of carbonyl (C=O) groups excluding carboxylic acids is 3. The van der Waals surface area contributed by atoms with Gasteiger partial charge in [-0.3, -0.25) is 19.2 Å². The smallest absolute Gasteiger partial charge is 0.326 e. The molecule has 0 saturated heterocycles. The summed E-state index contributed by atoms with van der Waals surface area (Å²) in [7, 11) is 4.53. The van der Waals surface area contributed by atoms with Crippen molar-refractivity contribution in [3.63, 3.8) is 0 Å². The van der Waals surface area contributed by atoms with Gasteiger partial charge in [0.1, 0.15) is 18.1 Å². The lowest BCUT2D eigenvalue weighted by Gasteiger charge is -2.23. The normalized spacial score (nSPS) is 14.4. The molecule has 0 aliphatic heterocycles. The molecule has 1 aromatic carbocycles. The van der Waals surface area contributed by atoms with Crippen LogP contribution in [0.15, 0.2) is 12.1 Å². The number of nitrogens with two attached hydrogens (primary N) is 1. The molecule has 8 N–H and O–H groups in total. The van der Waals surface area contributed by atoms with Crippen LogP contribution in [0.3, 0.4) is 0 Å². The molecular formula is C32H54N4O11. The molecule has 0 spiro atoms. The molecule has 1 rings (SSSR count). The number of hydrogen-bond acceptors (Lipinski definition) is 10. The zero-order chi connectivity index (χ0) is 36.3. The van der Waals surface area contributed by atoms with Crippen molar-refractivity contribution in [3.8, 4) is 17.2 Å². The highest BCUT2D eigenvalue weighted by molar-refractivity contribution is 5.90. The van der Waals surface area contributed by atoms with Crippen LogP contribution >= 0.6 is 0 Å². The average Bonchev–Trinajstić information content (AvgIpc) is 3.05. The van der Waals surface area contributed by atoms with Crippen LogP contribution in [0.2, 0.25) is 0 Å². The Hall–Kier alpha value is -4.11. The number of aliphatic carboxylic acids is 2. The summed E-state index contributed by atoms with van der Waals surface area (Å²) in [4.78, 5) is 60.6. The maximum absolute atomic E-state index is 12.9. The standard InChI is InChI=1S/C30H48N4O11.C2H6/c1-16(19-13-23(43-4)26(45-6)24(14-19)44-5)12-17(2)27(37)32-18(3)28(38)34-22(30(41)42)10-11-25(36)33-20(15-35)8-7-9-21(31)29(39)40;1-2/h13-14,16-18,20-22,35H,7-12,15,31H2,1-6H3,(H,32,37)(H,33,36)(H,34,38)(H,39,40)(H,41,42);1-2H3. The van der Waals surface area contributed by atoms with Gasteiger partial charge < -0.3 is 51.2 Å². The second kappa shape index (κ2) is 22.4. The number of methoxy groups -OCH3 is 3. The number of carboxylic acid groups (broad SMARTS) is 2. The fourth-order valence-electron chi connectivity index (χ4n) is 4.63. The van der Waals surface area contributed by atoms with E-state index in [4.69, 9.17) is 25.1 Å². The van der Waals surface area contributed by atoms with E-state index in [0.717, 1.165) is 5.56 Å². The van der Waals surface area contributed by atoms with Crippen molar-refractivity contribution in [3.05, 3.63) is 17.7 Å². The van der Waals surface area contributed by atoms with Crippen molar-refractivity contribution < 1.29 is 53.5 Å². The number of ether oxygens (including phenoxy) is 3. The Labute approximate surface area is 276 Å². The van der Waals surface area contributed by atoms with Gasteiger partial charge in [-0.1, -0.05) is 27.7 Å². The molecule has 47 heavy (non-hydrogen) atoms. The van der Waals surface area contributed by atoms with Gasteiger partial charge in [-0.2, -0.15) is 0 Å². The number of amides is 3. The molecule has 6 atom stereocenters. The SMILES string of the molecule is CC.COc1cc(C(C)CC(C)C(=O)NC(C)C(=O)NC(CCC(=O)NC(CO)CCCC(N)C(=O)O)C(=O)O)cc(OC)c1OC. The lowest BCUT2D eigenvalue weighted by Crippen LogP contribution is -2.51. The minimum Gasteiger partial charge on any atom is -0.493 e. The second-order valence-corrected chi connectivity index (χ2v) is 11.0. The summed E-state index contributed by atoms with van der Waals surface area (Å²) in [5.41, 5.74) is 6.31. The van der Waals surface area contributed by atoms with Gasteiger partial charge >= 0.3 is 11.9 Å². The van der Waals surface area contributed by atoms with Gasteiger partial charge in [-0.15, -0.1) is 0 Å². The first kappa shape index (κ1) is 42.9. The van der Waals surface area contributed by atoms with E-state index in [0.29, 0.717) is 30.1 Å². The highest BCUT2D eigenvalue weighted by atomic mass is 16.5. The largest absolute Gasteiger partial charge is 0.493 e. The Kier molecular flexibility index (Phi) is 20.5. The molecular weight excluding hydrogens is 616 g/mol. The van der Waals surface area contributed by atoms with E-state index in [1.807, 2.05) is 20.8 Å². The fourth-order valence-corrected chi connectivity index (χ4v) is 4.63. The Bertz CT molecular complexity index is 1140. The molecule has 1 aromatic rings. The van der Waals surface area contributed by atoms with Gasteiger partial charge in [-0.05, 0) is 62.6 Å². The summed E-state index contributed by atoms with van der Waals surface area (Å²) in [6.07, 6.45) is 0.705. The maximum atomic E-state index is 12.9. The third kappa shape index (κ3) is 14.9. The molecule has 15 heteroatoms. The number of carboxylic acids is 2. The molecule has 0 aliphatic carbocycles. The van der Waals surface area contributed by atoms with Crippen LogP contribution < -0.4 is 35.9 Å². The van der Waals surface area contributed by atoms with Gasteiger partial charge in [0.25, 0.3) is 0 Å². The van der Waals surface area contributed by atoms with Crippen LogP contribution in [-0.2, 0) is 24.0 Å². The van der Waals surface area contributed by atoms with Gasteiger partial charge in [0.15, 0.2) is 11.5 Å². The molecule has 0 fully saturated rings. The van der Waals surface area contributed by atoms with Crippen LogP contribution in [0, 0.1) is 5.92 Å². The summed E-state index contributed by atoms with van der Waals surface area (Å²) < 4.78 is 16.2. The molecule has 0 aromatic heterocycles. The highest BCUT2D eigenvalue weighted by Gasteiger charge is 2.27. The van der Waals surface area contributed by atoms with Crippen molar-refractivity contribution in [1.29, 1.82) is 0 Å². The first-order valence-corrected chi connectivity index (χ1v) is 15.7. The van der Waals surface area contributed by atoms with E-state index in [2.05, 4.69) is 16.0 Å². The number of aliphatic hydroxyl groups excluding tert-OH is 1. The molecule has 268 valence electrons. The third-order valence-corrected chi connectivity index (χ3v) is 7.41. The Morgan fingerprint density at radius 1 is 0.809 bits per heavy atom. The number of hydrogen-bond donors (Lipinski definition) is 7. The van der Waals surface area contributed by atoms with Crippen molar-refractivity contribution in [1.82, 2.24) is 16.0 Å². The van der Waals surface area contributed by atoms with Crippen LogP contribution in [-0.4, -0.2) is 97.1 Å². The van der Waals surface area contributed by atoms with E-state index >= 15 is 0 Å². The third-order valence-electron chi connectivity index (χ3n) is 7.41. The zero-order valence-electron chi connectivity index (χ0n) is 28.8. The van der Waals surface area contributed by atoms with Crippen molar-refractivity contribution in [2.75, 3.05) is 27.9 Å². The summed E-state index contributed by atoms with van der Waals surface area (Å²) in [5.74, 6) is -3.37. The number of aliphatic hydroxyl groups is 1. The molecule has 0 bridgehead atoms. The van der Waals surface area contributed by atoms with Crippen LogP contribution in [0.4, 0.5) is 0 Å². The summed E-state index contributed by atoms with van der Waals surface area (Å²) >= 11 is 0. The van der Waals surface area contributed by atoms with Gasteiger partial charge in [-0.25, -0.2) is 4.79 Å². The molecule has 15 nitrogen and oxygen atoms in total. The number of carbonyl (C=O) groups is 5. The highest BCUT2D eigenvalue weighted by Crippen LogP contribution is 2.41. The zero-order valence-corrected chi connectivity index (χ0v) is 28.8. The quantitative estimate of drug-likeness (QED) is 0.0991. The minimum absolute atomic E-state index is 0.0983. The van der Waals surface area contributed by atoms with Crippen molar-refractivity contribution >= 4 is 29.7 Å². The first-order valence-electron chi connectivity index (χ1n) is 15.7. The van der Waals surface area contributed by atoms with E-state index in [-0.39, 0.29) is 31.6 Å². The number of benzene rings is 1. The molecule has 0 radical (unpaired) electrons. The average molecular weight is 671 g/mol. The van der Waals surface area contributed by atoms with Crippen molar-refractivity contribution in [2.24, 2.45) is 11.7 Å². The lowest BCUT2D eigenvalue weighted by atomic mass is 9.90. The maximum Gasteiger partial charge on any atom is 0.326 e. The van der Waals surface area contributed by atoms with Gasteiger partial charge in [0.2, 0.25) is 23.5 Å².